The Morgan fingerprint density at radius 1 is 1.34 bits per heavy atom. The van der Waals surface area contributed by atoms with Crippen molar-refractivity contribution in [3.8, 4) is 17.2 Å². The first kappa shape index (κ1) is 26.1. The number of carbonyl (C=O) groups is 1. The van der Waals surface area contributed by atoms with Crippen LogP contribution in [-0.4, -0.2) is 39.7 Å². The van der Waals surface area contributed by atoms with Crippen molar-refractivity contribution in [1.82, 2.24) is 20.0 Å². The first-order chi connectivity index (χ1) is 18.2. The molecular formula is C27H25F4N5OS. The normalized spacial score (nSPS) is 19.6. The number of benzene rings is 1. The van der Waals surface area contributed by atoms with Gasteiger partial charge in [0.05, 0.1) is 6.54 Å². The van der Waals surface area contributed by atoms with E-state index < -0.39 is 23.6 Å². The highest BCUT2D eigenvalue weighted by Gasteiger charge is 2.40. The number of nitrogens with zero attached hydrogens (tertiary/aromatic N) is 4. The molecule has 1 saturated heterocycles. The van der Waals surface area contributed by atoms with Crippen molar-refractivity contribution in [2.75, 3.05) is 13.1 Å². The highest BCUT2D eigenvalue weighted by Crippen LogP contribution is 2.45. The van der Waals surface area contributed by atoms with Crippen LogP contribution in [0.4, 0.5) is 17.6 Å². The molecule has 1 aromatic carbocycles. The molecule has 0 aliphatic carbocycles. The smallest absolute Gasteiger partial charge is 0.333 e. The summed E-state index contributed by atoms with van der Waals surface area (Å²) in [5, 5.41) is 16.5. The van der Waals surface area contributed by atoms with E-state index in [4.69, 9.17) is 0 Å². The maximum Gasteiger partial charge on any atom is 0.435 e. The van der Waals surface area contributed by atoms with Crippen molar-refractivity contribution >= 4 is 17.2 Å². The van der Waals surface area contributed by atoms with Gasteiger partial charge in [0.2, 0.25) is 5.91 Å². The van der Waals surface area contributed by atoms with E-state index in [1.165, 1.54) is 29.7 Å². The second kappa shape index (κ2) is 10.3. The van der Waals surface area contributed by atoms with E-state index >= 15 is 4.39 Å². The van der Waals surface area contributed by atoms with Gasteiger partial charge in [-0.25, -0.2) is 4.39 Å². The summed E-state index contributed by atoms with van der Waals surface area (Å²) in [6, 6.07) is 8.10. The van der Waals surface area contributed by atoms with Gasteiger partial charge < -0.3 is 10.2 Å². The maximum atomic E-state index is 15.4. The number of thiophene rings is 1. The number of nitrogens with one attached hydrogen (secondary N) is 1. The summed E-state index contributed by atoms with van der Waals surface area (Å²) in [4.78, 5) is 16.0. The van der Waals surface area contributed by atoms with Gasteiger partial charge in [-0.15, -0.1) is 11.3 Å². The molecule has 2 aliphatic rings. The van der Waals surface area contributed by atoms with Crippen molar-refractivity contribution in [3.63, 3.8) is 0 Å². The average Bonchev–Trinajstić information content (AvgIpc) is 3.65. The third kappa shape index (κ3) is 4.98. The molecule has 11 heteroatoms. The van der Waals surface area contributed by atoms with E-state index in [2.05, 4.69) is 16.5 Å². The number of halogens is 4. The summed E-state index contributed by atoms with van der Waals surface area (Å²) in [6.07, 6.45) is 1.74. The topological polar surface area (TPSA) is 74.0 Å². The molecule has 5 rings (SSSR count). The predicted octanol–water partition coefficient (Wildman–Crippen LogP) is 5.44. The fourth-order valence-corrected chi connectivity index (χ4v) is 6.21. The number of hydrogen-bond donors (Lipinski definition) is 1. The van der Waals surface area contributed by atoms with Crippen LogP contribution in [0.15, 0.2) is 42.6 Å². The van der Waals surface area contributed by atoms with Gasteiger partial charge in [0.1, 0.15) is 16.8 Å². The molecule has 0 saturated carbocycles. The minimum Gasteiger partial charge on any atom is -0.333 e. The molecule has 198 valence electrons. The van der Waals surface area contributed by atoms with Gasteiger partial charge in [-0.3, -0.25) is 9.48 Å². The number of aromatic nitrogens is 2. The monoisotopic (exact) mass is 543 g/mol. The molecule has 38 heavy (non-hydrogen) atoms. The van der Waals surface area contributed by atoms with E-state index in [-0.39, 0.29) is 42.7 Å². The second-order valence-electron chi connectivity index (χ2n) is 9.38. The van der Waals surface area contributed by atoms with Gasteiger partial charge >= 0.3 is 6.18 Å². The van der Waals surface area contributed by atoms with Crippen LogP contribution in [0.1, 0.15) is 52.3 Å². The Labute approximate surface area is 221 Å². The van der Waals surface area contributed by atoms with Crippen molar-refractivity contribution in [1.29, 1.82) is 5.26 Å². The Morgan fingerprint density at radius 3 is 2.84 bits per heavy atom. The summed E-state index contributed by atoms with van der Waals surface area (Å²) in [6.45, 7) is 3.13. The fraction of sp³-hybridized carbons (Fsp3) is 0.370. The van der Waals surface area contributed by atoms with Crippen LogP contribution in [0.5, 0.6) is 0 Å². The molecular weight excluding hydrogens is 518 g/mol. The van der Waals surface area contributed by atoms with Crippen LogP contribution in [-0.2, 0) is 24.1 Å². The van der Waals surface area contributed by atoms with Gasteiger partial charge in [-0.05, 0) is 49.6 Å². The van der Waals surface area contributed by atoms with Crippen LogP contribution in [0.25, 0.3) is 11.1 Å². The molecule has 1 fully saturated rings. The highest BCUT2D eigenvalue weighted by molar-refractivity contribution is 7.12. The number of fused-ring (bicyclic) bond motifs is 1. The largest absolute Gasteiger partial charge is 0.435 e. The Hall–Kier alpha value is -3.49. The Morgan fingerprint density at radius 2 is 2.16 bits per heavy atom. The van der Waals surface area contributed by atoms with E-state index in [1.807, 2.05) is 6.08 Å². The number of carbonyl (C=O) groups excluding carboxylic acids is 1. The predicted molar refractivity (Wildman–Crippen MR) is 135 cm³/mol. The molecule has 4 heterocycles. The molecule has 6 nitrogen and oxygen atoms in total. The van der Waals surface area contributed by atoms with Gasteiger partial charge in [-0.1, -0.05) is 18.2 Å². The number of nitriles is 1. The fourth-order valence-electron chi connectivity index (χ4n) is 5.18. The van der Waals surface area contributed by atoms with E-state index in [1.54, 1.807) is 24.0 Å². The standard InChI is InChI=1S/C27H25F4N5OS/c1-2-36-14-21(26(34-36)27(29,30)31)25-18(6-3-7-22(25)28)20-13-35(15-23-19(20)11-17(12-32)38-23)24(37)9-8-16-5-4-10-33-16/h3,6-9,11,14,16,20,33H,2,4-5,10,13,15H2,1H3/b9-8+/t16?,20-/m0/s1. The summed E-state index contributed by atoms with van der Waals surface area (Å²) >= 11 is 1.24. The molecule has 1 unspecified atom stereocenters. The molecule has 0 bridgehead atoms. The third-order valence-corrected chi connectivity index (χ3v) is 8.03. The maximum absolute atomic E-state index is 15.4. The quantitative estimate of drug-likeness (QED) is 0.344. The van der Waals surface area contributed by atoms with E-state index in [0.717, 1.165) is 40.6 Å². The minimum atomic E-state index is -4.79. The van der Waals surface area contributed by atoms with Gasteiger partial charge in [0, 0.05) is 53.3 Å². The zero-order valence-corrected chi connectivity index (χ0v) is 21.4. The lowest BCUT2D eigenvalue weighted by Gasteiger charge is -2.33. The first-order valence-corrected chi connectivity index (χ1v) is 13.2. The Balaban J connectivity index is 1.60. The Kier molecular flexibility index (Phi) is 7.11. The van der Waals surface area contributed by atoms with Crippen molar-refractivity contribution in [2.24, 2.45) is 0 Å². The summed E-state index contributed by atoms with van der Waals surface area (Å²) in [7, 11) is 0. The molecule has 0 spiro atoms. The van der Waals surface area contributed by atoms with Crippen molar-refractivity contribution < 1.29 is 22.4 Å². The molecule has 2 atom stereocenters. The van der Waals surface area contributed by atoms with Crippen molar-refractivity contribution in [3.05, 3.63) is 75.0 Å². The highest BCUT2D eigenvalue weighted by atomic mass is 32.1. The molecule has 1 N–H and O–H groups in total. The van der Waals surface area contributed by atoms with E-state index in [9.17, 15) is 23.2 Å². The molecule has 1 amide bonds. The zero-order chi connectivity index (χ0) is 27.0. The van der Waals surface area contributed by atoms with Gasteiger partial charge in [0.25, 0.3) is 0 Å². The molecule has 3 aromatic rings. The number of rotatable bonds is 5. The number of hydrogen-bond acceptors (Lipinski definition) is 5. The summed E-state index contributed by atoms with van der Waals surface area (Å²) < 4.78 is 58.4. The second-order valence-corrected chi connectivity index (χ2v) is 10.5. The molecule has 0 radical (unpaired) electrons. The third-order valence-electron chi connectivity index (χ3n) is 6.99. The lowest BCUT2D eigenvalue weighted by Crippen LogP contribution is -2.37. The lowest BCUT2D eigenvalue weighted by molar-refractivity contribution is -0.141. The van der Waals surface area contributed by atoms with E-state index in [0.29, 0.717) is 10.4 Å². The van der Waals surface area contributed by atoms with Gasteiger partial charge in [0.15, 0.2) is 5.69 Å². The summed E-state index contributed by atoms with van der Waals surface area (Å²) in [5.41, 5.74) is -0.667. The SMILES string of the molecule is CCn1cc(-c2c(F)cccc2[C@@H]2CN(C(=O)/C=C/C3CCCN3)Cc3sc(C#N)cc32)c(C(F)(F)F)n1. The van der Waals surface area contributed by atoms with Crippen LogP contribution in [0.3, 0.4) is 0 Å². The zero-order valence-electron chi connectivity index (χ0n) is 20.6. The van der Waals surface area contributed by atoms with Crippen LogP contribution < -0.4 is 5.32 Å². The van der Waals surface area contributed by atoms with Crippen LogP contribution in [0, 0.1) is 17.1 Å². The number of alkyl halides is 3. The number of amides is 1. The van der Waals surface area contributed by atoms with Gasteiger partial charge in [-0.2, -0.15) is 23.5 Å². The average molecular weight is 544 g/mol. The minimum absolute atomic E-state index is 0.118. The Bertz CT molecular complexity index is 1430. The molecule has 2 aliphatic heterocycles. The van der Waals surface area contributed by atoms with Crippen molar-refractivity contribution in [2.45, 2.75) is 51.0 Å². The number of aryl methyl sites for hydroxylation is 1. The first-order valence-electron chi connectivity index (χ1n) is 12.4. The van der Waals surface area contributed by atoms with Crippen LogP contribution in [0.2, 0.25) is 0 Å². The summed E-state index contributed by atoms with van der Waals surface area (Å²) in [5.74, 6) is -1.68. The molecule has 2 aromatic heterocycles. The lowest BCUT2D eigenvalue weighted by atomic mass is 9.83. The van der Waals surface area contributed by atoms with Crippen LogP contribution >= 0.6 is 11.3 Å².